The van der Waals surface area contributed by atoms with Crippen molar-refractivity contribution >= 4 is 6.29 Å². The third-order valence-corrected chi connectivity index (χ3v) is 0.737. The van der Waals surface area contributed by atoms with Crippen LogP contribution in [0.1, 0.15) is 13.8 Å². The van der Waals surface area contributed by atoms with Crippen molar-refractivity contribution in [2.75, 3.05) is 0 Å². The molecule has 1 heteroatoms. The van der Waals surface area contributed by atoms with Crippen molar-refractivity contribution in [2.45, 2.75) is 13.8 Å². The van der Waals surface area contributed by atoms with Gasteiger partial charge in [-0.15, -0.1) is 0 Å². The normalized spacial score (nSPS) is 12.5. The lowest BCUT2D eigenvalue weighted by molar-refractivity contribution is -0.104. The summed E-state index contributed by atoms with van der Waals surface area (Å²) in [5.41, 5.74) is 0.753. The molecular weight excluding hydrogens is 100 g/mol. The molecule has 0 aliphatic rings. The van der Waals surface area contributed by atoms with Gasteiger partial charge in [-0.05, 0) is 19.4 Å². The second-order valence-corrected chi connectivity index (χ2v) is 1.55. The van der Waals surface area contributed by atoms with Gasteiger partial charge in [-0.1, -0.05) is 18.2 Å². The van der Waals surface area contributed by atoms with Gasteiger partial charge < -0.3 is 0 Å². The summed E-state index contributed by atoms with van der Waals surface area (Å²) in [6.45, 7) is 3.68. The van der Waals surface area contributed by atoms with Gasteiger partial charge in [0.2, 0.25) is 0 Å². The van der Waals surface area contributed by atoms with E-state index in [1.54, 1.807) is 13.0 Å². The van der Waals surface area contributed by atoms with Gasteiger partial charge in [0.05, 0.1) is 0 Å². The quantitative estimate of drug-likeness (QED) is 0.300. The molecule has 44 valence electrons. The maximum absolute atomic E-state index is 9.91. The summed E-state index contributed by atoms with van der Waals surface area (Å²) in [5, 5.41) is 0. The summed E-state index contributed by atoms with van der Waals surface area (Å²) in [6, 6.07) is 0. The molecule has 0 aromatic rings. The zero-order valence-corrected chi connectivity index (χ0v) is 5.22. The third kappa shape index (κ3) is 3.34. The van der Waals surface area contributed by atoms with E-state index < -0.39 is 0 Å². The van der Waals surface area contributed by atoms with Gasteiger partial charge in [-0.25, -0.2) is 0 Å². The number of carbonyl (C=O) groups is 1. The third-order valence-electron chi connectivity index (χ3n) is 0.737. The molecule has 0 fully saturated rings. The van der Waals surface area contributed by atoms with E-state index in [1.807, 2.05) is 19.1 Å². The van der Waals surface area contributed by atoms with Crippen LogP contribution < -0.4 is 0 Å². The number of aldehydes is 1. The lowest BCUT2D eigenvalue weighted by Crippen LogP contribution is -1.71. The minimum absolute atomic E-state index is 0.753. The Morgan fingerprint density at radius 3 is 2.50 bits per heavy atom. The fourth-order valence-electron chi connectivity index (χ4n) is 0.287. The van der Waals surface area contributed by atoms with Gasteiger partial charge in [-0.3, -0.25) is 4.79 Å². The zero-order chi connectivity index (χ0) is 6.41. The lowest BCUT2D eigenvalue weighted by Gasteiger charge is -1.77. The van der Waals surface area contributed by atoms with E-state index in [4.69, 9.17) is 0 Å². The van der Waals surface area contributed by atoms with Crippen LogP contribution in [0.2, 0.25) is 0 Å². The number of allylic oxidation sites excluding steroid dienone is 4. The van der Waals surface area contributed by atoms with E-state index in [-0.39, 0.29) is 0 Å². The van der Waals surface area contributed by atoms with Crippen LogP contribution in [0.3, 0.4) is 0 Å². The molecule has 0 N–H and O–H groups in total. The Balaban J connectivity index is 3.74. The number of hydrogen-bond acceptors (Lipinski definition) is 1. The molecule has 0 aromatic heterocycles. The summed E-state index contributed by atoms with van der Waals surface area (Å²) in [7, 11) is 0. The summed E-state index contributed by atoms with van der Waals surface area (Å²) < 4.78 is 0. The average Bonchev–Trinajstić information content (AvgIpc) is 1.83. The molecule has 0 atom stereocenters. The van der Waals surface area contributed by atoms with Crippen LogP contribution in [-0.2, 0) is 4.79 Å². The first-order valence-corrected chi connectivity index (χ1v) is 2.56. The molecule has 0 bridgehead atoms. The second kappa shape index (κ2) is 4.31. The Hall–Kier alpha value is -0.850. The Morgan fingerprint density at radius 2 is 2.12 bits per heavy atom. The van der Waals surface area contributed by atoms with Crippen molar-refractivity contribution in [2.24, 2.45) is 0 Å². The Bertz CT molecular complexity index is 120. The van der Waals surface area contributed by atoms with Gasteiger partial charge in [0, 0.05) is 0 Å². The highest BCUT2D eigenvalue weighted by Gasteiger charge is 1.75. The van der Waals surface area contributed by atoms with Crippen molar-refractivity contribution in [1.82, 2.24) is 0 Å². The molecule has 0 saturated carbocycles. The van der Waals surface area contributed by atoms with Gasteiger partial charge in [0.15, 0.2) is 0 Å². The average molecular weight is 110 g/mol. The molecule has 0 rings (SSSR count). The van der Waals surface area contributed by atoms with E-state index in [1.165, 1.54) is 0 Å². The molecule has 8 heavy (non-hydrogen) atoms. The fourth-order valence-corrected chi connectivity index (χ4v) is 0.287. The Labute approximate surface area is 49.7 Å². The van der Waals surface area contributed by atoms with E-state index in [9.17, 15) is 4.79 Å². The van der Waals surface area contributed by atoms with Crippen LogP contribution in [0.25, 0.3) is 0 Å². The maximum Gasteiger partial charge on any atom is 0.145 e. The van der Waals surface area contributed by atoms with Crippen LogP contribution in [-0.4, -0.2) is 6.29 Å². The molecule has 0 aliphatic heterocycles. The lowest BCUT2D eigenvalue weighted by atomic mass is 10.3. The van der Waals surface area contributed by atoms with Gasteiger partial charge >= 0.3 is 0 Å². The van der Waals surface area contributed by atoms with Gasteiger partial charge in [0.25, 0.3) is 0 Å². The largest absolute Gasteiger partial charge is 0.298 e. The summed E-state index contributed by atoms with van der Waals surface area (Å²) in [4.78, 5) is 9.91. The van der Waals surface area contributed by atoms with Crippen LogP contribution in [0.4, 0.5) is 0 Å². The smallest absolute Gasteiger partial charge is 0.145 e. The van der Waals surface area contributed by atoms with Crippen molar-refractivity contribution in [3.8, 4) is 0 Å². The fraction of sp³-hybridized carbons (Fsp3) is 0.286. The second-order valence-electron chi connectivity index (χ2n) is 1.55. The van der Waals surface area contributed by atoms with Crippen LogP contribution in [0, 0.1) is 0 Å². The first kappa shape index (κ1) is 7.15. The first-order valence-electron chi connectivity index (χ1n) is 2.56. The van der Waals surface area contributed by atoms with Crippen molar-refractivity contribution < 1.29 is 4.79 Å². The SMILES string of the molecule is C/C=C\C=C(/C)C=O. The van der Waals surface area contributed by atoms with Crippen LogP contribution in [0.15, 0.2) is 23.8 Å². The molecule has 0 unspecified atom stereocenters. The predicted octanol–water partition coefficient (Wildman–Crippen LogP) is 1.71. The summed E-state index contributed by atoms with van der Waals surface area (Å²) in [6.07, 6.45) is 6.32. The molecular formula is C7H10O. The van der Waals surface area contributed by atoms with Crippen molar-refractivity contribution in [3.05, 3.63) is 23.8 Å². The van der Waals surface area contributed by atoms with Crippen LogP contribution in [0.5, 0.6) is 0 Å². The molecule has 0 heterocycles. The van der Waals surface area contributed by atoms with Gasteiger partial charge in [-0.2, -0.15) is 0 Å². The van der Waals surface area contributed by atoms with E-state index >= 15 is 0 Å². The predicted molar refractivity (Wildman–Crippen MR) is 34.6 cm³/mol. The summed E-state index contributed by atoms with van der Waals surface area (Å²) >= 11 is 0. The number of carbonyl (C=O) groups excluding carboxylic acids is 1. The van der Waals surface area contributed by atoms with Crippen molar-refractivity contribution in [3.63, 3.8) is 0 Å². The molecule has 0 spiro atoms. The Kier molecular flexibility index (Phi) is 3.85. The number of hydrogen-bond donors (Lipinski definition) is 0. The monoisotopic (exact) mass is 110 g/mol. The zero-order valence-electron chi connectivity index (χ0n) is 5.22. The first-order chi connectivity index (χ1) is 3.81. The van der Waals surface area contributed by atoms with Crippen molar-refractivity contribution in [1.29, 1.82) is 0 Å². The highest BCUT2D eigenvalue weighted by molar-refractivity contribution is 5.72. The van der Waals surface area contributed by atoms with E-state index in [0.29, 0.717) is 0 Å². The number of rotatable bonds is 2. The standard InChI is InChI=1S/C7H10O/c1-3-4-5-7(2)6-8/h3-6H,1-2H3/b4-3-,7-5+. The highest BCUT2D eigenvalue weighted by atomic mass is 16.1. The van der Waals surface area contributed by atoms with E-state index in [0.717, 1.165) is 11.9 Å². The Morgan fingerprint density at radius 1 is 1.50 bits per heavy atom. The molecule has 0 radical (unpaired) electrons. The maximum atomic E-state index is 9.91. The van der Waals surface area contributed by atoms with Gasteiger partial charge in [0.1, 0.15) is 6.29 Å². The summed E-state index contributed by atoms with van der Waals surface area (Å²) in [5.74, 6) is 0. The topological polar surface area (TPSA) is 17.1 Å². The molecule has 0 aromatic carbocycles. The molecule has 0 saturated heterocycles. The highest BCUT2D eigenvalue weighted by Crippen LogP contribution is 1.85. The van der Waals surface area contributed by atoms with Crippen LogP contribution >= 0.6 is 0 Å². The molecule has 0 amide bonds. The minimum atomic E-state index is 0.753. The van der Waals surface area contributed by atoms with E-state index in [2.05, 4.69) is 0 Å². The molecule has 0 aliphatic carbocycles. The minimum Gasteiger partial charge on any atom is -0.298 e. The molecule has 1 nitrogen and oxygen atoms in total.